The smallest absolute Gasteiger partial charge is 0.238 e. The molecule has 1 saturated heterocycles. The highest BCUT2D eigenvalue weighted by molar-refractivity contribution is 5.92. The molecule has 1 fully saturated rings. The van der Waals surface area contributed by atoms with E-state index in [1.807, 2.05) is 11.9 Å². The highest BCUT2D eigenvalue weighted by atomic mass is 35.5. The zero-order valence-corrected chi connectivity index (χ0v) is 11.3. The molecule has 1 heterocycles. The van der Waals surface area contributed by atoms with Crippen molar-refractivity contribution < 1.29 is 13.6 Å². The normalized spacial score (nSPS) is 14.7. The van der Waals surface area contributed by atoms with Crippen LogP contribution in [0.3, 0.4) is 0 Å². The van der Waals surface area contributed by atoms with Crippen LogP contribution in [0, 0.1) is 11.6 Å². The van der Waals surface area contributed by atoms with Crippen molar-refractivity contribution in [3.05, 3.63) is 29.8 Å². The predicted molar refractivity (Wildman–Crippen MR) is 71.5 cm³/mol. The fraction of sp³-hybridized carbons (Fsp3) is 0.417. The van der Waals surface area contributed by atoms with Crippen LogP contribution in [0.4, 0.5) is 14.5 Å². The van der Waals surface area contributed by atoms with E-state index in [2.05, 4.69) is 10.6 Å². The third kappa shape index (κ3) is 4.12. The molecule has 7 heteroatoms. The third-order valence-corrected chi connectivity index (χ3v) is 2.98. The van der Waals surface area contributed by atoms with Gasteiger partial charge in [-0.15, -0.1) is 12.4 Å². The van der Waals surface area contributed by atoms with Crippen LogP contribution < -0.4 is 10.6 Å². The standard InChI is InChI=1S/C12H15F2N3O.ClH/c1-17(9-5-15-6-9)7-12(18)16-11-4-8(13)2-3-10(11)14;/h2-4,9,15H,5-7H2,1H3,(H,16,18);1H. The first kappa shape index (κ1) is 15.8. The number of carbonyl (C=O) groups is 1. The zero-order chi connectivity index (χ0) is 13.1. The van der Waals surface area contributed by atoms with Crippen LogP contribution in [0.1, 0.15) is 0 Å². The van der Waals surface area contributed by atoms with Crippen molar-refractivity contribution in [3.8, 4) is 0 Å². The van der Waals surface area contributed by atoms with Gasteiger partial charge in [0.25, 0.3) is 0 Å². The molecular formula is C12H16ClF2N3O. The topological polar surface area (TPSA) is 44.4 Å². The first-order chi connectivity index (χ1) is 8.56. The molecule has 1 amide bonds. The van der Waals surface area contributed by atoms with Crippen molar-refractivity contribution >= 4 is 24.0 Å². The lowest BCUT2D eigenvalue weighted by molar-refractivity contribution is -0.117. The maximum atomic E-state index is 13.3. The number of anilines is 1. The minimum atomic E-state index is -0.641. The number of carbonyl (C=O) groups excluding carboxylic acids is 1. The summed E-state index contributed by atoms with van der Waals surface area (Å²) in [6, 6.07) is 3.30. The van der Waals surface area contributed by atoms with Gasteiger partial charge in [-0.05, 0) is 19.2 Å². The van der Waals surface area contributed by atoms with Gasteiger partial charge in [-0.1, -0.05) is 0 Å². The molecule has 1 aromatic rings. The summed E-state index contributed by atoms with van der Waals surface area (Å²) >= 11 is 0. The van der Waals surface area contributed by atoms with Crippen LogP contribution in [0.25, 0.3) is 0 Å². The molecule has 2 N–H and O–H groups in total. The van der Waals surface area contributed by atoms with Crippen molar-refractivity contribution in [2.45, 2.75) is 6.04 Å². The van der Waals surface area contributed by atoms with Gasteiger partial charge < -0.3 is 10.6 Å². The van der Waals surface area contributed by atoms with Gasteiger partial charge in [0.15, 0.2) is 0 Å². The summed E-state index contributed by atoms with van der Waals surface area (Å²) in [4.78, 5) is 13.5. The second kappa shape index (κ2) is 6.79. The quantitative estimate of drug-likeness (QED) is 0.877. The molecule has 0 unspecified atom stereocenters. The van der Waals surface area contributed by atoms with E-state index in [9.17, 15) is 13.6 Å². The van der Waals surface area contributed by atoms with Gasteiger partial charge >= 0.3 is 0 Å². The van der Waals surface area contributed by atoms with E-state index >= 15 is 0 Å². The van der Waals surface area contributed by atoms with Crippen molar-refractivity contribution in [2.24, 2.45) is 0 Å². The Bertz CT molecular complexity index is 455. The minimum Gasteiger partial charge on any atom is -0.322 e. The summed E-state index contributed by atoms with van der Waals surface area (Å²) in [7, 11) is 1.83. The molecule has 1 aliphatic rings. The predicted octanol–water partition coefficient (Wildman–Crippen LogP) is 1.23. The fourth-order valence-corrected chi connectivity index (χ4v) is 1.72. The molecule has 0 spiro atoms. The maximum Gasteiger partial charge on any atom is 0.238 e. The van der Waals surface area contributed by atoms with Gasteiger partial charge in [-0.2, -0.15) is 0 Å². The maximum absolute atomic E-state index is 13.3. The molecule has 0 atom stereocenters. The Balaban J connectivity index is 0.00000180. The summed E-state index contributed by atoms with van der Waals surface area (Å²) in [5.74, 6) is -1.57. The molecule has 4 nitrogen and oxygen atoms in total. The average molecular weight is 292 g/mol. The van der Waals surface area contributed by atoms with E-state index < -0.39 is 11.6 Å². The van der Waals surface area contributed by atoms with E-state index in [1.165, 1.54) is 0 Å². The summed E-state index contributed by atoms with van der Waals surface area (Å²) in [5.41, 5.74) is -0.125. The lowest BCUT2D eigenvalue weighted by Gasteiger charge is -2.35. The Morgan fingerprint density at radius 2 is 2.16 bits per heavy atom. The van der Waals surface area contributed by atoms with Crippen LogP contribution in [0.5, 0.6) is 0 Å². The molecule has 1 aromatic carbocycles. The van der Waals surface area contributed by atoms with Crippen LogP contribution >= 0.6 is 12.4 Å². The van der Waals surface area contributed by atoms with Gasteiger partial charge in [-0.25, -0.2) is 8.78 Å². The van der Waals surface area contributed by atoms with Crippen molar-refractivity contribution in [3.63, 3.8) is 0 Å². The Kier molecular flexibility index (Phi) is 5.65. The monoisotopic (exact) mass is 291 g/mol. The summed E-state index contributed by atoms with van der Waals surface area (Å²) in [5, 5.41) is 5.47. The third-order valence-electron chi connectivity index (χ3n) is 2.98. The van der Waals surface area contributed by atoms with Crippen LogP contribution in [-0.2, 0) is 4.79 Å². The van der Waals surface area contributed by atoms with Crippen molar-refractivity contribution in [2.75, 3.05) is 32.0 Å². The number of rotatable bonds is 4. The molecule has 1 aliphatic heterocycles. The van der Waals surface area contributed by atoms with Gasteiger partial charge in [0.2, 0.25) is 5.91 Å². The summed E-state index contributed by atoms with van der Waals surface area (Å²) in [6.45, 7) is 1.85. The molecule has 106 valence electrons. The van der Waals surface area contributed by atoms with Crippen LogP contribution in [0.15, 0.2) is 18.2 Å². The first-order valence-corrected chi connectivity index (χ1v) is 5.72. The lowest BCUT2D eigenvalue weighted by atomic mass is 10.1. The number of likely N-dealkylation sites (N-methyl/N-ethyl adjacent to an activating group) is 1. The summed E-state index contributed by atoms with van der Waals surface area (Å²) < 4.78 is 26.2. The number of hydrogen-bond acceptors (Lipinski definition) is 3. The number of nitrogens with one attached hydrogen (secondary N) is 2. The first-order valence-electron chi connectivity index (χ1n) is 5.72. The van der Waals surface area contributed by atoms with Gasteiger partial charge in [0.05, 0.1) is 12.2 Å². The van der Waals surface area contributed by atoms with Gasteiger partial charge in [0.1, 0.15) is 11.6 Å². The molecule has 0 radical (unpaired) electrons. The highest BCUT2D eigenvalue weighted by Crippen LogP contribution is 2.15. The molecule has 0 bridgehead atoms. The Morgan fingerprint density at radius 1 is 1.47 bits per heavy atom. The molecule has 19 heavy (non-hydrogen) atoms. The van der Waals surface area contributed by atoms with Crippen molar-refractivity contribution in [1.29, 1.82) is 0 Å². The fourth-order valence-electron chi connectivity index (χ4n) is 1.72. The van der Waals surface area contributed by atoms with Crippen LogP contribution in [-0.4, -0.2) is 43.5 Å². The minimum absolute atomic E-state index is 0. The molecular weight excluding hydrogens is 276 g/mol. The Labute approximate surface area is 116 Å². The van der Waals surface area contributed by atoms with Gasteiger partial charge in [0, 0.05) is 25.2 Å². The average Bonchev–Trinajstić information content (AvgIpc) is 2.20. The van der Waals surface area contributed by atoms with E-state index in [1.54, 1.807) is 0 Å². The second-order valence-corrected chi connectivity index (χ2v) is 4.40. The van der Waals surface area contributed by atoms with Crippen molar-refractivity contribution in [1.82, 2.24) is 10.2 Å². The number of hydrogen-bond donors (Lipinski definition) is 2. The number of benzene rings is 1. The number of amides is 1. The Morgan fingerprint density at radius 3 is 2.74 bits per heavy atom. The van der Waals surface area contributed by atoms with E-state index in [4.69, 9.17) is 0 Å². The molecule has 0 saturated carbocycles. The summed E-state index contributed by atoms with van der Waals surface area (Å²) in [6.07, 6.45) is 0. The molecule has 0 aliphatic carbocycles. The number of halogens is 3. The molecule has 0 aromatic heterocycles. The number of nitrogens with zero attached hydrogens (tertiary/aromatic N) is 1. The van der Waals surface area contributed by atoms with E-state index in [0.29, 0.717) is 6.04 Å². The Hall–Kier alpha value is -1.24. The van der Waals surface area contributed by atoms with Crippen LogP contribution in [0.2, 0.25) is 0 Å². The lowest BCUT2D eigenvalue weighted by Crippen LogP contribution is -2.57. The highest BCUT2D eigenvalue weighted by Gasteiger charge is 2.23. The molecule has 2 rings (SSSR count). The largest absolute Gasteiger partial charge is 0.322 e. The van der Waals surface area contributed by atoms with Gasteiger partial charge in [-0.3, -0.25) is 9.69 Å². The van der Waals surface area contributed by atoms with E-state index in [-0.39, 0.29) is 30.5 Å². The second-order valence-electron chi connectivity index (χ2n) is 4.40. The zero-order valence-electron chi connectivity index (χ0n) is 10.5. The SMILES string of the molecule is CN(CC(=O)Nc1cc(F)ccc1F)C1CNC1.Cl. The van der Waals surface area contributed by atoms with E-state index in [0.717, 1.165) is 31.3 Å².